The predicted molar refractivity (Wildman–Crippen MR) is 99.1 cm³/mol. The fourth-order valence-electron chi connectivity index (χ4n) is 3.26. The van der Waals surface area contributed by atoms with Gasteiger partial charge in [0.05, 0.1) is 0 Å². The number of ether oxygens (including phenoxy) is 2. The first-order chi connectivity index (χ1) is 12.2. The van der Waals surface area contributed by atoms with E-state index in [1.165, 1.54) is 12.0 Å². The van der Waals surface area contributed by atoms with E-state index in [1.807, 2.05) is 49.4 Å². The molecule has 3 nitrogen and oxygen atoms in total. The van der Waals surface area contributed by atoms with Crippen LogP contribution >= 0.6 is 0 Å². The molecule has 0 spiro atoms. The Balaban J connectivity index is 1.46. The van der Waals surface area contributed by atoms with Crippen molar-refractivity contribution in [2.24, 2.45) is 5.92 Å². The van der Waals surface area contributed by atoms with Crippen LogP contribution in [0.1, 0.15) is 38.2 Å². The SMILES string of the molecule is C[C@@H](COc1ccc(C[C@H]2CCCCC2=O)cc1)Oc1ccccc1. The Morgan fingerprint density at radius 1 is 1.00 bits per heavy atom. The molecule has 0 amide bonds. The average molecular weight is 338 g/mol. The Bertz CT molecular complexity index is 663. The highest BCUT2D eigenvalue weighted by molar-refractivity contribution is 5.81. The second kappa shape index (κ2) is 8.70. The van der Waals surface area contributed by atoms with E-state index in [1.54, 1.807) is 0 Å². The van der Waals surface area contributed by atoms with Gasteiger partial charge in [-0.25, -0.2) is 0 Å². The number of carbonyl (C=O) groups excluding carboxylic acids is 1. The molecule has 0 radical (unpaired) electrons. The summed E-state index contributed by atoms with van der Waals surface area (Å²) in [5.74, 6) is 2.33. The molecule has 0 unspecified atom stereocenters. The second-order valence-corrected chi connectivity index (χ2v) is 6.81. The van der Waals surface area contributed by atoms with Gasteiger partial charge in [-0.1, -0.05) is 36.8 Å². The molecule has 132 valence electrons. The highest BCUT2D eigenvalue weighted by Crippen LogP contribution is 2.25. The molecule has 2 aromatic carbocycles. The number of hydrogen-bond donors (Lipinski definition) is 0. The second-order valence-electron chi connectivity index (χ2n) is 6.81. The van der Waals surface area contributed by atoms with E-state index in [0.29, 0.717) is 12.4 Å². The van der Waals surface area contributed by atoms with Gasteiger partial charge in [0.25, 0.3) is 0 Å². The van der Waals surface area contributed by atoms with Crippen LogP contribution < -0.4 is 9.47 Å². The van der Waals surface area contributed by atoms with Crippen molar-refractivity contribution >= 4 is 5.78 Å². The largest absolute Gasteiger partial charge is 0.490 e. The lowest BCUT2D eigenvalue weighted by molar-refractivity contribution is -0.124. The molecule has 1 aliphatic rings. The van der Waals surface area contributed by atoms with E-state index in [9.17, 15) is 4.79 Å². The molecule has 25 heavy (non-hydrogen) atoms. The number of benzene rings is 2. The maximum absolute atomic E-state index is 12.0. The van der Waals surface area contributed by atoms with Crippen molar-refractivity contribution in [2.75, 3.05) is 6.61 Å². The highest BCUT2D eigenvalue weighted by Gasteiger charge is 2.22. The summed E-state index contributed by atoms with van der Waals surface area (Å²) in [7, 11) is 0. The molecule has 0 aromatic heterocycles. The molecular formula is C22H26O3. The molecule has 3 heteroatoms. The van der Waals surface area contributed by atoms with Gasteiger partial charge < -0.3 is 9.47 Å². The van der Waals surface area contributed by atoms with Gasteiger partial charge in [-0.15, -0.1) is 0 Å². The molecule has 0 N–H and O–H groups in total. The Morgan fingerprint density at radius 3 is 2.48 bits per heavy atom. The van der Waals surface area contributed by atoms with E-state index in [4.69, 9.17) is 9.47 Å². The predicted octanol–water partition coefficient (Wildman–Crippen LogP) is 4.83. The zero-order valence-corrected chi connectivity index (χ0v) is 14.8. The Kier molecular flexibility index (Phi) is 6.10. The van der Waals surface area contributed by atoms with Gasteiger partial charge in [0, 0.05) is 12.3 Å². The summed E-state index contributed by atoms with van der Waals surface area (Å²) in [6.45, 7) is 2.49. The summed E-state index contributed by atoms with van der Waals surface area (Å²) in [6, 6.07) is 17.9. The number of Topliss-reactive ketones (excluding diaryl/α,β-unsaturated/α-hetero) is 1. The van der Waals surface area contributed by atoms with Crippen LogP contribution in [0.25, 0.3) is 0 Å². The topological polar surface area (TPSA) is 35.5 Å². The van der Waals surface area contributed by atoms with Crippen LogP contribution in [-0.2, 0) is 11.2 Å². The smallest absolute Gasteiger partial charge is 0.136 e. The van der Waals surface area contributed by atoms with Gasteiger partial charge in [0.15, 0.2) is 0 Å². The minimum absolute atomic E-state index is 0.0260. The Hall–Kier alpha value is -2.29. The first kappa shape index (κ1) is 17.5. The third kappa shape index (κ3) is 5.35. The first-order valence-corrected chi connectivity index (χ1v) is 9.17. The Labute approximate surface area is 150 Å². The number of ketones is 1. The van der Waals surface area contributed by atoms with Crippen LogP contribution in [0.4, 0.5) is 0 Å². The molecule has 0 bridgehead atoms. The summed E-state index contributed by atoms with van der Waals surface area (Å²) in [6.07, 6.45) is 4.85. The fourth-order valence-corrected chi connectivity index (χ4v) is 3.26. The van der Waals surface area contributed by atoms with E-state index in [2.05, 4.69) is 12.1 Å². The zero-order valence-electron chi connectivity index (χ0n) is 14.8. The normalized spacial score (nSPS) is 18.6. The highest BCUT2D eigenvalue weighted by atomic mass is 16.5. The van der Waals surface area contributed by atoms with Crippen LogP contribution in [-0.4, -0.2) is 18.5 Å². The van der Waals surface area contributed by atoms with E-state index in [-0.39, 0.29) is 12.0 Å². The van der Waals surface area contributed by atoms with Crippen molar-refractivity contribution in [2.45, 2.75) is 45.1 Å². The standard InChI is InChI=1S/C22H26O3/c1-17(25-21-8-3-2-4-9-21)16-24-20-13-11-18(12-14-20)15-19-7-5-6-10-22(19)23/h2-4,8-9,11-14,17,19H,5-7,10,15-16H2,1H3/t17-,19+/m0/s1. The van der Waals surface area contributed by atoms with Crippen molar-refractivity contribution in [3.05, 3.63) is 60.2 Å². The zero-order chi connectivity index (χ0) is 17.5. The molecule has 1 aliphatic carbocycles. The monoisotopic (exact) mass is 338 g/mol. The van der Waals surface area contributed by atoms with Gasteiger partial charge in [0.2, 0.25) is 0 Å². The van der Waals surface area contributed by atoms with Crippen molar-refractivity contribution < 1.29 is 14.3 Å². The number of para-hydroxylation sites is 1. The minimum atomic E-state index is -0.0260. The minimum Gasteiger partial charge on any atom is -0.490 e. The van der Waals surface area contributed by atoms with Crippen LogP contribution in [0.2, 0.25) is 0 Å². The van der Waals surface area contributed by atoms with Crippen LogP contribution in [0.5, 0.6) is 11.5 Å². The van der Waals surface area contributed by atoms with Gasteiger partial charge in [-0.3, -0.25) is 4.79 Å². The van der Waals surface area contributed by atoms with Crippen molar-refractivity contribution in [3.63, 3.8) is 0 Å². The maximum Gasteiger partial charge on any atom is 0.136 e. The third-order valence-electron chi connectivity index (χ3n) is 4.65. The fraction of sp³-hybridized carbons (Fsp3) is 0.409. The summed E-state index contributed by atoms with van der Waals surface area (Å²) < 4.78 is 11.6. The number of hydrogen-bond acceptors (Lipinski definition) is 3. The van der Waals surface area contributed by atoms with Gasteiger partial charge >= 0.3 is 0 Å². The van der Waals surface area contributed by atoms with E-state index < -0.39 is 0 Å². The van der Waals surface area contributed by atoms with E-state index in [0.717, 1.165) is 37.2 Å². The van der Waals surface area contributed by atoms with Crippen molar-refractivity contribution in [1.29, 1.82) is 0 Å². The quantitative estimate of drug-likeness (QED) is 0.725. The van der Waals surface area contributed by atoms with Crippen molar-refractivity contribution in [1.82, 2.24) is 0 Å². The van der Waals surface area contributed by atoms with E-state index >= 15 is 0 Å². The molecule has 1 saturated carbocycles. The molecule has 0 heterocycles. The third-order valence-corrected chi connectivity index (χ3v) is 4.65. The molecular weight excluding hydrogens is 312 g/mol. The molecule has 2 atom stereocenters. The number of carbonyl (C=O) groups is 1. The lowest BCUT2D eigenvalue weighted by Crippen LogP contribution is -2.21. The Morgan fingerprint density at radius 2 is 1.76 bits per heavy atom. The molecule has 0 saturated heterocycles. The number of rotatable bonds is 7. The first-order valence-electron chi connectivity index (χ1n) is 9.17. The van der Waals surface area contributed by atoms with Gasteiger partial charge in [-0.2, -0.15) is 0 Å². The lowest BCUT2D eigenvalue weighted by atomic mass is 9.84. The summed E-state index contributed by atoms with van der Waals surface area (Å²) in [4.78, 5) is 12.0. The molecule has 2 aromatic rings. The molecule has 3 rings (SSSR count). The van der Waals surface area contributed by atoms with Gasteiger partial charge in [-0.05, 0) is 56.0 Å². The maximum atomic E-state index is 12.0. The summed E-state index contributed by atoms with van der Waals surface area (Å²) in [5.41, 5.74) is 1.21. The van der Waals surface area contributed by atoms with Crippen molar-refractivity contribution in [3.8, 4) is 11.5 Å². The summed E-state index contributed by atoms with van der Waals surface area (Å²) >= 11 is 0. The van der Waals surface area contributed by atoms with Crippen LogP contribution in [0.3, 0.4) is 0 Å². The molecule has 0 aliphatic heterocycles. The van der Waals surface area contributed by atoms with Crippen LogP contribution in [0, 0.1) is 5.92 Å². The lowest BCUT2D eigenvalue weighted by Gasteiger charge is -2.20. The average Bonchev–Trinajstić information content (AvgIpc) is 2.64. The van der Waals surface area contributed by atoms with Crippen LogP contribution in [0.15, 0.2) is 54.6 Å². The summed E-state index contributed by atoms with van der Waals surface area (Å²) in [5, 5.41) is 0. The van der Waals surface area contributed by atoms with Gasteiger partial charge in [0.1, 0.15) is 30.0 Å². The molecule has 1 fully saturated rings.